The second kappa shape index (κ2) is 4.16. The Morgan fingerprint density at radius 2 is 2.19 bits per heavy atom. The van der Waals surface area contributed by atoms with Gasteiger partial charge in [0.1, 0.15) is 5.75 Å². The number of amides is 1. The molecule has 0 aliphatic heterocycles. The number of carbonyl (C=O) groups is 1. The van der Waals surface area contributed by atoms with Crippen molar-refractivity contribution >= 4 is 11.6 Å². The molecular weight excluding hydrogens is 202 g/mol. The molecule has 1 amide bonds. The Balaban J connectivity index is 2.08. The molecule has 1 fully saturated rings. The molecule has 0 radical (unpaired) electrons. The fourth-order valence-electron chi connectivity index (χ4n) is 1.82. The van der Waals surface area contributed by atoms with Crippen molar-refractivity contribution in [3.63, 3.8) is 0 Å². The van der Waals surface area contributed by atoms with Gasteiger partial charge in [-0.15, -0.1) is 0 Å². The summed E-state index contributed by atoms with van der Waals surface area (Å²) in [5, 5.41) is 12.4. The molecule has 16 heavy (non-hydrogen) atoms. The van der Waals surface area contributed by atoms with Gasteiger partial charge in [-0.2, -0.15) is 0 Å². The Labute approximate surface area is 95.5 Å². The normalized spacial score (nSPS) is 16.9. The van der Waals surface area contributed by atoms with E-state index >= 15 is 0 Å². The molecule has 1 atom stereocenters. The Kier molecular flexibility index (Phi) is 2.86. The van der Waals surface area contributed by atoms with E-state index in [9.17, 15) is 9.90 Å². The molecule has 3 heteroatoms. The van der Waals surface area contributed by atoms with E-state index in [-0.39, 0.29) is 17.6 Å². The molecule has 2 N–H and O–H groups in total. The molecule has 1 saturated carbocycles. The van der Waals surface area contributed by atoms with Crippen LogP contribution in [0.1, 0.15) is 25.3 Å². The van der Waals surface area contributed by atoms with Crippen molar-refractivity contribution in [2.24, 2.45) is 11.8 Å². The first-order valence-corrected chi connectivity index (χ1v) is 5.69. The molecule has 1 aliphatic carbocycles. The maximum absolute atomic E-state index is 11.9. The van der Waals surface area contributed by atoms with Gasteiger partial charge in [-0.3, -0.25) is 4.79 Å². The van der Waals surface area contributed by atoms with Gasteiger partial charge in [-0.05, 0) is 37.8 Å². The number of hydrogen-bond acceptors (Lipinski definition) is 2. The standard InChI is InChI=1S/C13H17NO2/c1-8(10-6-7-10)13(16)14-11-4-3-5-12(15)9(11)2/h3-5,8,10,15H,6-7H2,1-2H3,(H,14,16). The highest BCUT2D eigenvalue weighted by atomic mass is 16.3. The smallest absolute Gasteiger partial charge is 0.227 e. The van der Waals surface area contributed by atoms with Crippen LogP contribution in [0.5, 0.6) is 5.75 Å². The summed E-state index contributed by atoms with van der Waals surface area (Å²) in [6.07, 6.45) is 2.32. The van der Waals surface area contributed by atoms with Crippen molar-refractivity contribution in [1.29, 1.82) is 0 Å². The highest BCUT2D eigenvalue weighted by Crippen LogP contribution is 2.37. The number of anilines is 1. The molecular formula is C13H17NO2. The van der Waals surface area contributed by atoms with Gasteiger partial charge in [-0.1, -0.05) is 13.0 Å². The number of carbonyl (C=O) groups excluding carboxylic acids is 1. The van der Waals surface area contributed by atoms with E-state index in [4.69, 9.17) is 0 Å². The third-order valence-electron chi connectivity index (χ3n) is 3.31. The van der Waals surface area contributed by atoms with Crippen LogP contribution in [-0.2, 0) is 4.79 Å². The maximum atomic E-state index is 11.9. The van der Waals surface area contributed by atoms with Crippen molar-refractivity contribution in [3.8, 4) is 5.75 Å². The second-order valence-corrected chi connectivity index (χ2v) is 4.57. The number of phenolic OH excluding ortho intramolecular Hbond substituents is 1. The van der Waals surface area contributed by atoms with Crippen molar-refractivity contribution in [2.45, 2.75) is 26.7 Å². The summed E-state index contributed by atoms with van der Waals surface area (Å²) >= 11 is 0. The number of phenols is 1. The number of benzene rings is 1. The quantitative estimate of drug-likeness (QED) is 0.821. The highest BCUT2D eigenvalue weighted by Gasteiger charge is 2.32. The van der Waals surface area contributed by atoms with Crippen LogP contribution in [0, 0.1) is 18.8 Å². The van der Waals surface area contributed by atoms with Gasteiger partial charge in [0, 0.05) is 17.2 Å². The van der Waals surface area contributed by atoms with Crippen molar-refractivity contribution in [2.75, 3.05) is 5.32 Å². The van der Waals surface area contributed by atoms with E-state index in [1.165, 1.54) is 0 Å². The number of nitrogens with one attached hydrogen (secondary N) is 1. The molecule has 1 unspecified atom stereocenters. The number of hydrogen-bond donors (Lipinski definition) is 2. The summed E-state index contributed by atoms with van der Waals surface area (Å²) in [5.41, 5.74) is 1.43. The molecule has 0 aromatic heterocycles. The van der Waals surface area contributed by atoms with E-state index in [0.29, 0.717) is 11.6 Å². The Bertz CT molecular complexity index is 410. The van der Waals surface area contributed by atoms with Gasteiger partial charge < -0.3 is 10.4 Å². The fourth-order valence-corrected chi connectivity index (χ4v) is 1.82. The van der Waals surface area contributed by atoms with E-state index in [1.807, 2.05) is 13.0 Å². The van der Waals surface area contributed by atoms with Crippen LogP contribution >= 0.6 is 0 Å². The lowest BCUT2D eigenvalue weighted by atomic mass is 10.1. The maximum Gasteiger partial charge on any atom is 0.227 e. The average Bonchev–Trinajstić information content (AvgIpc) is 3.07. The van der Waals surface area contributed by atoms with E-state index < -0.39 is 0 Å². The summed E-state index contributed by atoms with van der Waals surface area (Å²) < 4.78 is 0. The molecule has 86 valence electrons. The summed E-state index contributed by atoms with van der Waals surface area (Å²) in [5.74, 6) is 0.896. The monoisotopic (exact) mass is 219 g/mol. The van der Waals surface area contributed by atoms with Gasteiger partial charge in [0.05, 0.1) is 0 Å². The van der Waals surface area contributed by atoms with Crippen molar-refractivity contribution < 1.29 is 9.90 Å². The summed E-state index contributed by atoms with van der Waals surface area (Å²) in [6.45, 7) is 3.76. The molecule has 0 heterocycles. The van der Waals surface area contributed by atoms with Gasteiger partial charge in [-0.25, -0.2) is 0 Å². The van der Waals surface area contributed by atoms with Gasteiger partial charge in [0.25, 0.3) is 0 Å². The molecule has 1 aromatic carbocycles. The zero-order valence-corrected chi connectivity index (χ0v) is 9.66. The second-order valence-electron chi connectivity index (χ2n) is 4.57. The molecule has 1 aliphatic rings. The van der Waals surface area contributed by atoms with E-state index in [0.717, 1.165) is 18.4 Å². The lowest BCUT2D eigenvalue weighted by molar-refractivity contribution is -0.119. The molecule has 3 nitrogen and oxygen atoms in total. The minimum absolute atomic E-state index is 0.0520. The predicted octanol–water partition coefficient (Wildman–Crippen LogP) is 2.69. The van der Waals surface area contributed by atoms with Crippen LogP contribution in [0.4, 0.5) is 5.69 Å². The van der Waals surface area contributed by atoms with Crippen LogP contribution in [0.3, 0.4) is 0 Å². The van der Waals surface area contributed by atoms with E-state index in [2.05, 4.69) is 5.32 Å². The SMILES string of the molecule is Cc1c(O)cccc1NC(=O)C(C)C1CC1. The minimum atomic E-state index is 0.0520. The Morgan fingerprint density at radius 1 is 1.50 bits per heavy atom. The molecule has 1 aromatic rings. The average molecular weight is 219 g/mol. The first kappa shape index (κ1) is 11.0. The summed E-state index contributed by atoms with van der Waals surface area (Å²) in [6, 6.07) is 5.17. The highest BCUT2D eigenvalue weighted by molar-refractivity contribution is 5.93. The van der Waals surface area contributed by atoms with Gasteiger partial charge in [0.15, 0.2) is 0 Å². The number of rotatable bonds is 3. The third-order valence-corrected chi connectivity index (χ3v) is 3.31. The van der Waals surface area contributed by atoms with Gasteiger partial charge in [0.2, 0.25) is 5.91 Å². The van der Waals surface area contributed by atoms with Crippen LogP contribution in [0.15, 0.2) is 18.2 Å². The van der Waals surface area contributed by atoms with Gasteiger partial charge >= 0.3 is 0 Å². The topological polar surface area (TPSA) is 49.3 Å². The zero-order valence-electron chi connectivity index (χ0n) is 9.66. The zero-order chi connectivity index (χ0) is 11.7. The van der Waals surface area contributed by atoms with Crippen molar-refractivity contribution in [3.05, 3.63) is 23.8 Å². The number of aromatic hydroxyl groups is 1. The van der Waals surface area contributed by atoms with Crippen LogP contribution in [0.2, 0.25) is 0 Å². The van der Waals surface area contributed by atoms with Crippen LogP contribution in [0.25, 0.3) is 0 Å². The Hall–Kier alpha value is -1.51. The minimum Gasteiger partial charge on any atom is -0.508 e. The lowest BCUT2D eigenvalue weighted by Gasteiger charge is -2.13. The summed E-state index contributed by atoms with van der Waals surface area (Å²) in [7, 11) is 0. The Morgan fingerprint density at radius 3 is 2.81 bits per heavy atom. The largest absolute Gasteiger partial charge is 0.508 e. The van der Waals surface area contributed by atoms with Crippen molar-refractivity contribution in [1.82, 2.24) is 0 Å². The summed E-state index contributed by atoms with van der Waals surface area (Å²) in [4.78, 5) is 11.9. The van der Waals surface area contributed by atoms with E-state index in [1.54, 1.807) is 19.1 Å². The fraction of sp³-hybridized carbons (Fsp3) is 0.462. The lowest BCUT2D eigenvalue weighted by Crippen LogP contribution is -2.22. The first-order valence-electron chi connectivity index (χ1n) is 5.69. The molecule has 0 spiro atoms. The molecule has 0 saturated heterocycles. The predicted molar refractivity (Wildman–Crippen MR) is 63.4 cm³/mol. The third kappa shape index (κ3) is 2.18. The molecule has 2 rings (SSSR count). The molecule has 0 bridgehead atoms. The van der Waals surface area contributed by atoms with Crippen LogP contribution < -0.4 is 5.32 Å². The first-order chi connectivity index (χ1) is 7.59. The van der Waals surface area contributed by atoms with Crippen LogP contribution in [-0.4, -0.2) is 11.0 Å².